The molecule has 0 aliphatic carbocycles. The van der Waals surface area contributed by atoms with E-state index in [0.717, 1.165) is 16.7 Å². The van der Waals surface area contributed by atoms with Crippen molar-refractivity contribution in [3.63, 3.8) is 0 Å². The number of ether oxygens (including phenoxy) is 2. The third-order valence-corrected chi connectivity index (χ3v) is 6.64. The molecule has 0 radical (unpaired) electrons. The second-order valence-electron chi connectivity index (χ2n) is 9.85. The number of carbonyl (C=O) groups is 3. The van der Waals surface area contributed by atoms with Gasteiger partial charge in [0.25, 0.3) is 5.91 Å². The molecule has 0 bridgehead atoms. The van der Waals surface area contributed by atoms with Crippen LogP contribution >= 0.6 is 0 Å². The zero-order chi connectivity index (χ0) is 29.9. The predicted octanol–water partition coefficient (Wildman–Crippen LogP) is 6.16. The molecule has 2 N–H and O–H groups in total. The van der Waals surface area contributed by atoms with Crippen molar-refractivity contribution in [3.05, 3.63) is 120 Å². The van der Waals surface area contributed by atoms with Crippen molar-refractivity contribution in [2.75, 3.05) is 6.61 Å². The number of amides is 1. The molecular weight excluding hydrogens is 534 g/mol. The van der Waals surface area contributed by atoms with Gasteiger partial charge in [0.15, 0.2) is 0 Å². The van der Waals surface area contributed by atoms with E-state index in [1.807, 2.05) is 72.8 Å². The van der Waals surface area contributed by atoms with Gasteiger partial charge in [0.2, 0.25) is 0 Å². The Morgan fingerprint density at radius 1 is 0.738 bits per heavy atom. The molecule has 0 saturated carbocycles. The van der Waals surface area contributed by atoms with E-state index in [1.54, 1.807) is 43.3 Å². The molecular formula is C34H33NO7. The standard InChI is InChI=1S/C34H33NO7/c1-24(22-32(36)37)42-30-18-16-29(17-19-30)41-21-20-31(34(39)40)35(23-25-8-4-2-5-9-25)33(38)28-14-12-27(13-15-28)26-10-6-3-7-11-26/h2-19,24,31H,20-23H2,1H3,(H,36,37)(H,39,40). The molecule has 4 aromatic rings. The lowest BCUT2D eigenvalue weighted by Gasteiger charge is -2.29. The summed E-state index contributed by atoms with van der Waals surface area (Å²) in [5.74, 6) is -1.46. The lowest BCUT2D eigenvalue weighted by Crippen LogP contribution is -2.45. The van der Waals surface area contributed by atoms with Crippen molar-refractivity contribution in [2.45, 2.75) is 38.5 Å². The first-order chi connectivity index (χ1) is 20.3. The fourth-order valence-electron chi connectivity index (χ4n) is 4.54. The summed E-state index contributed by atoms with van der Waals surface area (Å²) in [4.78, 5) is 38.4. The summed E-state index contributed by atoms with van der Waals surface area (Å²) in [6, 6.07) is 31.8. The summed E-state index contributed by atoms with van der Waals surface area (Å²) >= 11 is 0. The minimum atomic E-state index is -1.13. The SMILES string of the molecule is CC(CC(=O)O)Oc1ccc(OCCC(C(=O)O)N(Cc2ccccc2)C(=O)c2ccc(-c3ccccc3)cc2)cc1. The van der Waals surface area contributed by atoms with Gasteiger partial charge in [0.05, 0.1) is 13.0 Å². The van der Waals surface area contributed by atoms with E-state index in [4.69, 9.17) is 14.6 Å². The van der Waals surface area contributed by atoms with E-state index in [1.165, 1.54) is 4.90 Å². The Morgan fingerprint density at radius 3 is 1.90 bits per heavy atom. The van der Waals surface area contributed by atoms with Crippen LogP contribution in [0.4, 0.5) is 0 Å². The molecule has 0 fully saturated rings. The summed E-state index contributed by atoms with van der Waals surface area (Å²) in [6.07, 6.45) is -0.554. The van der Waals surface area contributed by atoms with Gasteiger partial charge in [-0.15, -0.1) is 0 Å². The van der Waals surface area contributed by atoms with E-state index in [0.29, 0.717) is 17.1 Å². The Bertz CT molecular complexity index is 1460. The molecule has 4 rings (SSSR count). The summed E-state index contributed by atoms with van der Waals surface area (Å²) in [5, 5.41) is 19.1. The molecule has 1 amide bonds. The highest BCUT2D eigenvalue weighted by Crippen LogP contribution is 2.23. The lowest BCUT2D eigenvalue weighted by molar-refractivity contribution is -0.143. The van der Waals surface area contributed by atoms with E-state index < -0.39 is 24.1 Å². The predicted molar refractivity (Wildman–Crippen MR) is 159 cm³/mol. The van der Waals surface area contributed by atoms with E-state index in [9.17, 15) is 19.5 Å². The molecule has 0 aliphatic heterocycles. The number of carboxylic acids is 2. The van der Waals surface area contributed by atoms with Crippen LogP contribution in [-0.2, 0) is 16.1 Å². The Balaban J connectivity index is 1.46. The molecule has 8 nitrogen and oxygen atoms in total. The molecule has 4 aromatic carbocycles. The smallest absolute Gasteiger partial charge is 0.326 e. The zero-order valence-electron chi connectivity index (χ0n) is 23.3. The average Bonchev–Trinajstić information content (AvgIpc) is 2.99. The van der Waals surface area contributed by atoms with Crippen LogP contribution in [0, 0.1) is 0 Å². The minimum Gasteiger partial charge on any atom is -0.493 e. The summed E-state index contributed by atoms with van der Waals surface area (Å²) < 4.78 is 11.4. The van der Waals surface area contributed by atoms with Crippen molar-refractivity contribution in [3.8, 4) is 22.6 Å². The molecule has 2 unspecified atom stereocenters. The molecule has 2 atom stereocenters. The van der Waals surface area contributed by atoms with Gasteiger partial charge in [-0.3, -0.25) is 9.59 Å². The summed E-state index contributed by atoms with van der Waals surface area (Å²) in [7, 11) is 0. The van der Waals surface area contributed by atoms with Crippen LogP contribution in [0.15, 0.2) is 109 Å². The average molecular weight is 568 g/mol. The third-order valence-electron chi connectivity index (χ3n) is 6.64. The van der Waals surface area contributed by atoms with E-state index >= 15 is 0 Å². The normalized spacial score (nSPS) is 12.1. The van der Waals surface area contributed by atoms with Crippen LogP contribution in [0.2, 0.25) is 0 Å². The first-order valence-corrected chi connectivity index (χ1v) is 13.6. The number of benzene rings is 4. The maximum absolute atomic E-state index is 13.7. The van der Waals surface area contributed by atoms with E-state index in [-0.39, 0.29) is 31.9 Å². The van der Waals surface area contributed by atoms with Crippen LogP contribution in [0.5, 0.6) is 11.5 Å². The van der Waals surface area contributed by atoms with Gasteiger partial charge >= 0.3 is 11.9 Å². The maximum Gasteiger partial charge on any atom is 0.326 e. The Labute approximate surface area is 244 Å². The molecule has 0 heterocycles. The topological polar surface area (TPSA) is 113 Å². The highest BCUT2D eigenvalue weighted by molar-refractivity contribution is 5.97. The number of carbonyl (C=O) groups excluding carboxylic acids is 1. The third kappa shape index (κ3) is 8.44. The van der Waals surface area contributed by atoms with Gasteiger partial charge < -0.3 is 24.6 Å². The van der Waals surface area contributed by atoms with Gasteiger partial charge in [-0.2, -0.15) is 0 Å². The number of nitrogens with zero attached hydrogens (tertiary/aromatic N) is 1. The molecule has 0 aromatic heterocycles. The van der Waals surface area contributed by atoms with Gasteiger partial charge in [-0.1, -0.05) is 72.8 Å². The number of hydrogen-bond donors (Lipinski definition) is 2. The molecule has 8 heteroatoms. The molecule has 0 aliphatic rings. The van der Waals surface area contributed by atoms with Crippen molar-refractivity contribution < 1.29 is 34.1 Å². The highest BCUT2D eigenvalue weighted by atomic mass is 16.5. The Kier molecular flexibility index (Phi) is 10.3. The molecule has 216 valence electrons. The number of rotatable bonds is 14. The summed E-state index contributed by atoms with van der Waals surface area (Å²) in [6.45, 7) is 1.85. The van der Waals surface area contributed by atoms with Gasteiger partial charge in [-0.05, 0) is 60.0 Å². The minimum absolute atomic E-state index is 0.0537. The largest absolute Gasteiger partial charge is 0.493 e. The van der Waals surface area contributed by atoms with Crippen LogP contribution in [-0.4, -0.2) is 51.7 Å². The summed E-state index contributed by atoms with van der Waals surface area (Å²) in [5.41, 5.74) is 3.18. The number of aliphatic carboxylic acids is 2. The van der Waals surface area contributed by atoms with Gasteiger partial charge in [-0.25, -0.2) is 4.79 Å². The Morgan fingerprint density at radius 2 is 1.31 bits per heavy atom. The number of hydrogen-bond acceptors (Lipinski definition) is 5. The quantitative estimate of drug-likeness (QED) is 0.188. The fourth-order valence-corrected chi connectivity index (χ4v) is 4.54. The first kappa shape index (κ1) is 29.9. The molecule has 0 saturated heterocycles. The zero-order valence-corrected chi connectivity index (χ0v) is 23.3. The second kappa shape index (κ2) is 14.5. The molecule has 42 heavy (non-hydrogen) atoms. The molecule has 0 spiro atoms. The maximum atomic E-state index is 13.7. The van der Waals surface area contributed by atoms with Crippen LogP contribution in [0.3, 0.4) is 0 Å². The first-order valence-electron chi connectivity index (χ1n) is 13.6. The number of carboxylic acid groups (broad SMARTS) is 2. The monoisotopic (exact) mass is 567 g/mol. The highest BCUT2D eigenvalue weighted by Gasteiger charge is 2.30. The van der Waals surface area contributed by atoms with Crippen molar-refractivity contribution in [1.29, 1.82) is 0 Å². The van der Waals surface area contributed by atoms with Crippen molar-refractivity contribution >= 4 is 17.8 Å². The van der Waals surface area contributed by atoms with Gasteiger partial charge in [0.1, 0.15) is 23.6 Å². The van der Waals surface area contributed by atoms with Crippen molar-refractivity contribution in [2.24, 2.45) is 0 Å². The van der Waals surface area contributed by atoms with E-state index in [2.05, 4.69) is 0 Å². The van der Waals surface area contributed by atoms with Crippen LogP contribution in [0.25, 0.3) is 11.1 Å². The van der Waals surface area contributed by atoms with Crippen LogP contribution < -0.4 is 9.47 Å². The fraction of sp³-hybridized carbons (Fsp3) is 0.206. The Hall–Kier alpha value is -5.11. The van der Waals surface area contributed by atoms with Crippen LogP contribution in [0.1, 0.15) is 35.7 Å². The lowest BCUT2D eigenvalue weighted by atomic mass is 10.0. The van der Waals surface area contributed by atoms with Gasteiger partial charge in [0, 0.05) is 18.5 Å². The van der Waals surface area contributed by atoms with Crippen molar-refractivity contribution in [1.82, 2.24) is 4.90 Å². The second-order valence-corrected chi connectivity index (χ2v) is 9.85.